The standard InChI is InChI=1S/C8H5BF2O2S/c10-5-1-4-2-8(9(12)13)14-7(4)3-6(5)11/h1-3,12-13H. The third kappa shape index (κ3) is 1.52. The molecular weight excluding hydrogens is 209 g/mol. The van der Waals surface area contributed by atoms with Crippen molar-refractivity contribution in [1.82, 2.24) is 0 Å². The van der Waals surface area contributed by atoms with E-state index in [-0.39, 0.29) is 4.78 Å². The third-order valence-electron chi connectivity index (χ3n) is 1.83. The molecule has 14 heavy (non-hydrogen) atoms. The number of thiophene rings is 1. The zero-order chi connectivity index (χ0) is 10.3. The van der Waals surface area contributed by atoms with Crippen molar-refractivity contribution in [2.75, 3.05) is 0 Å². The van der Waals surface area contributed by atoms with Gasteiger partial charge in [0.05, 0.1) is 0 Å². The summed E-state index contributed by atoms with van der Waals surface area (Å²) < 4.78 is 26.3. The summed E-state index contributed by atoms with van der Waals surface area (Å²) in [6.07, 6.45) is 0. The molecule has 1 heterocycles. The fraction of sp³-hybridized carbons (Fsp3) is 0. The van der Waals surface area contributed by atoms with E-state index in [1.165, 1.54) is 6.07 Å². The molecule has 0 unspecified atom stereocenters. The van der Waals surface area contributed by atoms with Gasteiger partial charge in [0.2, 0.25) is 0 Å². The minimum absolute atomic E-state index is 0.269. The van der Waals surface area contributed by atoms with Gasteiger partial charge in [-0.1, -0.05) is 0 Å². The average Bonchev–Trinajstić information content (AvgIpc) is 2.48. The first-order valence-electron chi connectivity index (χ1n) is 3.82. The lowest BCUT2D eigenvalue weighted by atomic mass is 9.89. The zero-order valence-corrected chi connectivity index (χ0v) is 7.68. The van der Waals surface area contributed by atoms with Crippen LogP contribution < -0.4 is 4.78 Å². The van der Waals surface area contributed by atoms with Crippen LogP contribution in [0.25, 0.3) is 10.1 Å². The number of rotatable bonds is 1. The van der Waals surface area contributed by atoms with Crippen LogP contribution in [-0.2, 0) is 0 Å². The van der Waals surface area contributed by atoms with Gasteiger partial charge in [-0.05, 0) is 23.6 Å². The minimum atomic E-state index is -1.60. The SMILES string of the molecule is OB(O)c1cc2cc(F)c(F)cc2s1. The Balaban J connectivity index is 2.66. The van der Waals surface area contributed by atoms with Crippen LogP contribution >= 0.6 is 11.3 Å². The Labute approximate surface area is 82.6 Å². The van der Waals surface area contributed by atoms with Crippen LogP contribution in [-0.4, -0.2) is 17.2 Å². The second-order valence-electron chi connectivity index (χ2n) is 2.83. The van der Waals surface area contributed by atoms with Gasteiger partial charge in [-0.3, -0.25) is 0 Å². The van der Waals surface area contributed by atoms with Crippen molar-refractivity contribution in [3.05, 3.63) is 29.8 Å². The molecule has 0 aliphatic heterocycles. The quantitative estimate of drug-likeness (QED) is 0.691. The number of halogens is 2. The largest absolute Gasteiger partial charge is 0.499 e. The monoisotopic (exact) mass is 214 g/mol. The molecule has 1 aromatic carbocycles. The van der Waals surface area contributed by atoms with Gasteiger partial charge in [-0.15, -0.1) is 11.3 Å². The molecule has 1 aromatic heterocycles. The van der Waals surface area contributed by atoms with Crippen molar-refractivity contribution >= 4 is 33.3 Å². The van der Waals surface area contributed by atoms with Crippen LogP contribution in [0.15, 0.2) is 18.2 Å². The topological polar surface area (TPSA) is 40.5 Å². The summed E-state index contributed by atoms with van der Waals surface area (Å²) in [6, 6.07) is 3.50. The highest BCUT2D eigenvalue weighted by molar-refractivity contribution is 7.27. The predicted octanol–water partition coefficient (Wildman–Crippen LogP) is 0.859. The van der Waals surface area contributed by atoms with E-state index >= 15 is 0 Å². The van der Waals surface area contributed by atoms with Gasteiger partial charge < -0.3 is 10.0 Å². The second-order valence-corrected chi connectivity index (χ2v) is 3.94. The van der Waals surface area contributed by atoms with Crippen LogP contribution in [0.1, 0.15) is 0 Å². The highest BCUT2D eigenvalue weighted by Crippen LogP contribution is 2.22. The Morgan fingerprint density at radius 3 is 2.36 bits per heavy atom. The van der Waals surface area contributed by atoms with Gasteiger partial charge in [0.25, 0.3) is 0 Å². The molecule has 2 nitrogen and oxygen atoms in total. The maximum Gasteiger partial charge on any atom is 0.499 e. The summed E-state index contributed by atoms with van der Waals surface area (Å²) in [5.41, 5.74) is 0. The van der Waals surface area contributed by atoms with E-state index in [1.807, 2.05) is 0 Å². The zero-order valence-electron chi connectivity index (χ0n) is 6.87. The van der Waals surface area contributed by atoms with Crippen LogP contribution in [0.4, 0.5) is 8.78 Å². The summed E-state index contributed by atoms with van der Waals surface area (Å²) in [5, 5.41) is 18.2. The van der Waals surface area contributed by atoms with E-state index in [2.05, 4.69) is 0 Å². The van der Waals surface area contributed by atoms with Crippen molar-refractivity contribution in [3.63, 3.8) is 0 Å². The average molecular weight is 214 g/mol. The number of hydrogen-bond acceptors (Lipinski definition) is 3. The molecule has 0 fully saturated rings. The molecule has 0 aliphatic carbocycles. The van der Waals surface area contributed by atoms with E-state index in [0.29, 0.717) is 10.1 Å². The lowest BCUT2D eigenvalue weighted by molar-refractivity contribution is 0.427. The first kappa shape index (κ1) is 9.58. The maximum atomic E-state index is 12.8. The Morgan fingerprint density at radius 2 is 1.71 bits per heavy atom. The van der Waals surface area contributed by atoms with Crippen molar-refractivity contribution in [2.24, 2.45) is 0 Å². The molecule has 72 valence electrons. The van der Waals surface area contributed by atoms with Gasteiger partial charge in [0.15, 0.2) is 11.6 Å². The highest BCUT2D eigenvalue weighted by atomic mass is 32.1. The molecular formula is C8H5BF2O2S. The maximum absolute atomic E-state index is 12.8. The van der Waals surface area contributed by atoms with Crippen molar-refractivity contribution < 1.29 is 18.8 Å². The molecule has 0 atom stereocenters. The predicted molar refractivity (Wildman–Crippen MR) is 51.6 cm³/mol. The smallest absolute Gasteiger partial charge is 0.423 e. The molecule has 0 aliphatic rings. The second kappa shape index (κ2) is 3.31. The Kier molecular flexibility index (Phi) is 2.26. The first-order valence-corrected chi connectivity index (χ1v) is 4.64. The lowest BCUT2D eigenvalue weighted by Gasteiger charge is -1.91. The third-order valence-corrected chi connectivity index (χ3v) is 2.97. The normalized spacial score (nSPS) is 10.9. The van der Waals surface area contributed by atoms with Crippen LogP contribution in [0.5, 0.6) is 0 Å². The van der Waals surface area contributed by atoms with Gasteiger partial charge in [0.1, 0.15) is 0 Å². The summed E-state index contributed by atoms with van der Waals surface area (Å²) >= 11 is 1.02. The summed E-state index contributed by atoms with van der Waals surface area (Å²) in [4.78, 5) is 0. The number of fused-ring (bicyclic) bond motifs is 1. The van der Waals surface area contributed by atoms with Crippen LogP contribution in [0.2, 0.25) is 0 Å². The molecule has 0 spiro atoms. The first-order chi connectivity index (χ1) is 6.58. The van der Waals surface area contributed by atoms with Gasteiger partial charge in [-0.25, -0.2) is 8.78 Å². The van der Waals surface area contributed by atoms with Gasteiger partial charge in [0, 0.05) is 9.48 Å². The minimum Gasteiger partial charge on any atom is -0.423 e. The summed E-state index contributed by atoms with van der Waals surface area (Å²) in [5.74, 6) is -1.87. The Morgan fingerprint density at radius 1 is 1.07 bits per heavy atom. The molecule has 2 rings (SSSR count). The van der Waals surface area contributed by atoms with E-state index in [1.54, 1.807) is 0 Å². The molecule has 0 bridgehead atoms. The number of benzene rings is 1. The molecule has 2 N–H and O–H groups in total. The van der Waals surface area contributed by atoms with Crippen molar-refractivity contribution in [1.29, 1.82) is 0 Å². The summed E-state index contributed by atoms with van der Waals surface area (Å²) in [7, 11) is -1.60. The van der Waals surface area contributed by atoms with Crippen LogP contribution in [0, 0.1) is 11.6 Å². The van der Waals surface area contributed by atoms with Crippen LogP contribution in [0.3, 0.4) is 0 Å². The molecule has 0 saturated carbocycles. The van der Waals surface area contributed by atoms with E-state index < -0.39 is 18.8 Å². The molecule has 0 amide bonds. The highest BCUT2D eigenvalue weighted by Gasteiger charge is 2.15. The molecule has 0 saturated heterocycles. The van der Waals surface area contributed by atoms with Crippen molar-refractivity contribution in [3.8, 4) is 0 Å². The fourth-order valence-corrected chi connectivity index (χ4v) is 2.13. The van der Waals surface area contributed by atoms with E-state index in [0.717, 1.165) is 23.5 Å². The lowest BCUT2D eigenvalue weighted by Crippen LogP contribution is -2.26. The molecule has 2 aromatic rings. The van der Waals surface area contributed by atoms with E-state index in [4.69, 9.17) is 10.0 Å². The Hall–Kier alpha value is -0.975. The molecule has 0 radical (unpaired) electrons. The van der Waals surface area contributed by atoms with Gasteiger partial charge in [-0.2, -0.15) is 0 Å². The number of hydrogen-bond donors (Lipinski definition) is 2. The fourth-order valence-electron chi connectivity index (χ4n) is 1.18. The summed E-state index contributed by atoms with van der Waals surface area (Å²) in [6.45, 7) is 0. The van der Waals surface area contributed by atoms with Gasteiger partial charge >= 0.3 is 7.12 Å². The molecule has 6 heteroatoms. The Bertz CT molecular complexity index is 444. The van der Waals surface area contributed by atoms with Crippen molar-refractivity contribution in [2.45, 2.75) is 0 Å². The van der Waals surface area contributed by atoms with E-state index in [9.17, 15) is 8.78 Å².